The lowest BCUT2D eigenvalue weighted by Gasteiger charge is -2.29. The van der Waals surface area contributed by atoms with Gasteiger partial charge in [-0.25, -0.2) is 4.98 Å². The van der Waals surface area contributed by atoms with Crippen LogP contribution in [0.3, 0.4) is 0 Å². The van der Waals surface area contributed by atoms with Crippen molar-refractivity contribution in [3.05, 3.63) is 108 Å². The van der Waals surface area contributed by atoms with Gasteiger partial charge in [-0.15, -0.1) is 11.8 Å². The van der Waals surface area contributed by atoms with Gasteiger partial charge < -0.3 is 21.1 Å². The molecule has 9 heteroatoms. The van der Waals surface area contributed by atoms with Crippen LogP contribution in [0.5, 0.6) is 0 Å². The van der Waals surface area contributed by atoms with Crippen molar-refractivity contribution >= 4 is 40.4 Å². The van der Waals surface area contributed by atoms with Crippen LogP contribution in [0.4, 0.5) is 0 Å². The number of amides is 3. The van der Waals surface area contributed by atoms with Crippen molar-refractivity contribution in [2.45, 2.75) is 76.1 Å². The highest BCUT2D eigenvalue weighted by atomic mass is 32.2. The summed E-state index contributed by atoms with van der Waals surface area (Å²) >= 11 is 1.36. The smallest absolute Gasteiger partial charge is 0.270 e. The molecule has 8 nitrogen and oxygen atoms in total. The van der Waals surface area contributed by atoms with E-state index >= 15 is 0 Å². The van der Waals surface area contributed by atoms with Crippen molar-refractivity contribution in [3.63, 3.8) is 0 Å². The van der Waals surface area contributed by atoms with E-state index in [1.54, 1.807) is 12.1 Å². The van der Waals surface area contributed by atoms with Crippen molar-refractivity contribution in [2.75, 3.05) is 5.75 Å². The molecule has 0 radical (unpaired) electrons. The van der Waals surface area contributed by atoms with E-state index in [1.165, 1.54) is 11.8 Å². The predicted molar refractivity (Wildman–Crippen MR) is 185 cm³/mol. The van der Waals surface area contributed by atoms with E-state index < -0.39 is 29.6 Å². The quantitative estimate of drug-likeness (QED) is 0.137. The van der Waals surface area contributed by atoms with Gasteiger partial charge in [0.1, 0.15) is 11.7 Å². The Labute approximate surface area is 275 Å². The molecule has 0 spiro atoms. The van der Waals surface area contributed by atoms with Gasteiger partial charge in [0, 0.05) is 21.6 Å². The van der Waals surface area contributed by atoms with E-state index in [9.17, 15) is 19.5 Å². The Balaban J connectivity index is 1.52. The second kappa shape index (κ2) is 15.9. The van der Waals surface area contributed by atoms with Crippen LogP contribution in [0, 0.1) is 5.92 Å². The molecule has 0 aliphatic carbocycles. The third-order valence-corrected chi connectivity index (χ3v) is 8.91. The number of carbonyl (C=O) groups is 3. The number of hydrogen-bond acceptors (Lipinski definition) is 6. The molecule has 0 fully saturated rings. The SMILES string of the molecule is CC[C@H](C)[C@@H](NC(=O)c1ccc2ccccc2n1)C(=O)N[C@@H](Cc1ccccc1)[C@H](O)CSc1ccccc1C(=O)NC(C)(C)C. The summed E-state index contributed by atoms with van der Waals surface area (Å²) in [5.41, 5.74) is 2.00. The standard InChI is InChI=1S/C37H44N4O4S/c1-6-24(2)33(40-35(44)29-21-20-26-16-10-12-18-28(26)38-29)36(45)39-30(22-25-14-8-7-9-15-25)31(42)23-46-32-19-13-11-17-27(32)34(43)41-37(3,4)5/h7-21,24,30-31,33,42H,6,22-23H2,1-5H3,(H,39,45)(H,40,44)(H,41,43)/t24-,30-,31+,33+/m0/s1. The Morgan fingerprint density at radius 1 is 0.848 bits per heavy atom. The molecule has 0 aliphatic rings. The summed E-state index contributed by atoms with van der Waals surface area (Å²) in [6.07, 6.45) is 0.0790. The molecular formula is C37H44N4O4S. The van der Waals surface area contributed by atoms with E-state index in [-0.39, 0.29) is 29.2 Å². The summed E-state index contributed by atoms with van der Waals surface area (Å²) in [6.45, 7) is 9.65. The number of aliphatic hydroxyl groups is 1. The molecule has 1 heterocycles. The number of hydrogen-bond donors (Lipinski definition) is 4. The van der Waals surface area contributed by atoms with E-state index in [0.29, 0.717) is 23.9 Å². The lowest BCUT2D eigenvalue weighted by atomic mass is 9.96. The minimum Gasteiger partial charge on any atom is -0.390 e. The molecule has 3 aromatic carbocycles. The molecule has 4 rings (SSSR count). The molecule has 1 aromatic heterocycles. The highest BCUT2D eigenvalue weighted by molar-refractivity contribution is 7.99. The molecule has 4 aromatic rings. The van der Waals surface area contributed by atoms with Gasteiger partial charge in [0.25, 0.3) is 11.8 Å². The molecule has 242 valence electrons. The lowest BCUT2D eigenvalue weighted by Crippen LogP contribution is -2.55. The minimum absolute atomic E-state index is 0.179. The second-order valence-corrected chi connectivity index (χ2v) is 13.7. The van der Waals surface area contributed by atoms with Gasteiger partial charge >= 0.3 is 0 Å². The van der Waals surface area contributed by atoms with Crippen LogP contribution in [0.25, 0.3) is 10.9 Å². The lowest BCUT2D eigenvalue weighted by molar-refractivity contribution is -0.125. The summed E-state index contributed by atoms with van der Waals surface area (Å²) in [4.78, 5) is 45.4. The van der Waals surface area contributed by atoms with Crippen LogP contribution in [0.1, 0.15) is 67.4 Å². The van der Waals surface area contributed by atoms with Crippen LogP contribution >= 0.6 is 11.8 Å². The number of aromatic nitrogens is 1. The topological polar surface area (TPSA) is 120 Å². The number of nitrogens with one attached hydrogen (secondary N) is 3. The van der Waals surface area contributed by atoms with Gasteiger partial charge in [0.15, 0.2) is 0 Å². The van der Waals surface area contributed by atoms with Crippen LogP contribution < -0.4 is 16.0 Å². The van der Waals surface area contributed by atoms with Crippen LogP contribution in [0.15, 0.2) is 95.9 Å². The van der Waals surface area contributed by atoms with Crippen molar-refractivity contribution < 1.29 is 19.5 Å². The molecule has 0 unspecified atom stereocenters. The van der Waals surface area contributed by atoms with Gasteiger partial charge in [-0.1, -0.05) is 87.0 Å². The normalized spacial score (nSPS) is 14.1. The van der Waals surface area contributed by atoms with Crippen LogP contribution in [-0.4, -0.2) is 57.3 Å². The Morgan fingerprint density at radius 2 is 1.52 bits per heavy atom. The molecule has 4 atom stereocenters. The number of thioether (sulfide) groups is 1. The van der Waals surface area contributed by atoms with Gasteiger partial charge in [-0.2, -0.15) is 0 Å². The van der Waals surface area contributed by atoms with Crippen molar-refractivity contribution in [1.29, 1.82) is 0 Å². The van der Waals surface area contributed by atoms with Gasteiger partial charge in [-0.3, -0.25) is 14.4 Å². The van der Waals surface area contributed by atoms with Gasteiger partial charge in [0.05, 0.1) is 23.2 Å². The van der Waals surface area contributed by atoms with Crippen molar-refractivity contribution in [3.8, 4) is 0 Å². The fourth-order valence-corrected chi connectivity index (χ4v) is 6.09. The van der Waals surface area contributed by atoms with Crippen molar-refractivity contribution in [1.82, 2.24) is 20.9 Å². The first-order valence-electron chi connectivity index (χ1n) is 15.7. The average Bonchev–Trinajstić information content (AvgIpc) is 3.04. The minimum atomic E-state index is -0.955. The summed E-state index contributed by atoms with van der Waals surface area (Å²) in [6, 6.07) is 26.5. The third kappa shape index (κ3) is 9.64. The summed E-state index contributed by atoms with van der Waals surface area (Å²) in [7, 11) is 0. The number of aliphatic hydroxyl groups excluding tert-OH is 1. The van der Waals surface area contributed by atoms with E-state index in [0.717, 1.165) is 15.8 Å². The Hall–Kier alpha value is -4.21. The number of para-hydroxylation sites is 1. The highest BCUT2D eigenvalue weighted by Crippen LogP contribution is 2.25. The first-order chi connectivity index (χ1) is 21.9. The number of carbonyl (C=O) groups excluding carboxylic acids is 3. The van der Waals surface area contributed by atoms with Crippen LogP contribution in [-0.2, 0) is 11.2 Å². The molecular weight excluding hydrogens is 596 g/mol. The first kappa shape index (κ1) is 34.7. The second-order valence-electron chi connectivity index (χ2n) is 12.6. The Morgan fingerprint density at radius 3 is 2.24 bits per heavy atom. The first-order valence-corrected chi connectivity index (χ1v) is 16.7. The van der Waals surface area contributed by atoms with Gasteiger partial charge in [0.2, 0.25) is 5.91 Å². The Kier molecular flexibility index (Phi) is 12.0. The van der Waals surface area contributed by atoms with Crippen molar-refractivity contribution in [2.24, 2.45) is 5.92 Å². The summed E-state index contributed by atoms with van der Waals surface area (Å²) < 4.78 is 0. The third-order valence-electron chi connectivity index (χ3n) is 7.73. The zero-order valence-electron chi connectivity index (χ0n) is 27.1. The maximum Gasteiger partial charge on any atom is 0.270 e. The monoisotopic (exact) mass is 640 g/mol. The molecule has 0 bridgehead atoms. The number of rotatable bonds is 13. The van der Waals surface area contributed by atoms with Gasteiger partial charge in [-0.05, 0) is 62.9 Å². The molecule has 0 aliphatic heterocycles. The molecule has 4 N–H and O–H groups in total. The number of nitrogens with zero attached hydrogens (tertiary/aromatic N) is 1. The maximum atomic E-state index is 13.9. The van der Waals surface area contributed by atoms with Crippen LogP contribution in [0.2, 0.25) is 0 Å². The highest BCUT2D eigenvalue weighted by Gasteiger charge is 2.31. The summed E-state index contributed by atoms with van der Waals surface area (Å²) in [5.74, 6) is -0.946. The van der Waals surface area contributed by atoms with E-state index in [4.69, 9.17) is 0 Å². The molecule has 0 saturated carbocycles. The fraction of sp³-hybridized carbons (Fsp3) is 0.351. The average molecular weight is 641 g/mol. The molecule has 3 amide bonds. The zero-order chi connectivity index (χ0) is 33.3. The predicted octanol–water partition coefficient (Wildman–Crippen LogP) is 5.79. The van der Waals surface area contributed by atoms with E-state index in [2.05, 4.69) is 20.9 Å². The fourth-order valence-electron chi connectivity index (χ4n) is 5.01. The molecule has 0 saturated heterocycles. The largest absolute Gasteiger partial charge is 0.390 e. The van der Waals surface area contributed by atoms with E-state index in [1.807, 2.05) is 113 Å². The molecule has 46 heavy (non-hydrogen) atoms. The number of fused-ring (bicyclic) bond motifs is 1. The summed E-state index contributed by atoms with van der Waals surface area (Å²) in [5, 5.41) is 21.4. The maximum absolute atomic E-state index is 13.9. The zero-order valence-corrected chi connectivity index (χ0v) is 27.9. The number of benzene rings is 3. The number of pyridine rings is 1. The Bertz CT molecular complexity index is 1640.